The van der Waals surface area contributed by atoms with Crippen molar-refractivity contribution in [3.63, 3.8) is 0 Å². The molecule has 1 spiro atoms. The minimum absolute atomic E-state index is 0.0730. The fourth-order valence-corrected chi connectivity index (χ4v) is 6.72. The Morgan fingerprint density at radius 1 is 1.06 bits per heavy atom. The maximum Gasteiger partial charge on any atom is 0.275 e. The van der Waals surface area contributed by atoms with Crippen LogP contribution in [0.15, 0.2) is 57.6 Å². The van der Waals surface area contributed by atoms with Crippen LogP contribution in [-0.4, -0.2) is 70.2 Å². The second-order valence-corrected chi connectivity index (χ2v) is 13.5. The topological polar surface area (TPSA) is 172 Å². The summed E-state index contributed by atoms with van der Waals surface area (Å²) in [6.07, 6.45) is -0.506. The Morgan fingerprint density at radius 2 is 1.83 bits per heavy atom. The lowest BCUT2D eigenvalue weighted by Crippen LogP contribution is -2.52. The molecule has 1 unspecified atom stereocenters. The molecule has 3 aliphatic heterocycles. The molecule has 0 fully saturated rings. The zero-order valence-electron chi connectivity index (χ0n) is 27.5. The van der Waals surface area contributed by atoms with Gasteiger partial charge in [0.05, 0.1) is 0 Å². The molecule has 13 nitrogen and oxygen atoms in total. The van der Waals surface area contributed by atoms with Gasteiger partial charge in [-0.05, 0) is 35.1 Å². The second kappa shape index (κ2) is 11.5. The standard InChI is InChI=1S/C35H38N6O7/c1-16(2)25-32-40-26(31-37-23(15-46-31)33(45)41(5)6)28(48-32)35-19-9-7-8-10-21(19)38-34(35)47-24-12-11-18(13-20(24)35)14-22(29(43)39-25)36-30(44)27(42)17(3)4/h7-13,15-17,22,25,27,34,38,42H,14H2,1-6H3,(H,36,44)(H,39,43)/t22-,25-,27-,34-,35?/m0/s1. The number of benzene rings is 2. The van der Waals surface area contributed by atoms with Gasteiger partial charge in [-0.25, -0.2) is 9.97 Å². The molecule has 13 heteroatoms. The predicted octanol–water partition coefficient (Wildman–Crippen LogP) is 3.38. The summed E-state index contributed by atoms with van der Waals surface area (Å²) in [5, 5.41) is 19.9. The Labute approximate surface area is 277 Å². The maximum atomic E-state index is 14.0. The number of nitrogens with zero attached hydrogens (tertiary/aromatic N) is 3. The summed E-state index contributed by atoms with van der Waals surface area (Å²) in [6, 6.07) is 11.7. The van der Waals surface area contributed by atoms with Crippen LogP contribution in [0.1, 0.15) is 72.6 Å². The Bertz CT molecular complexity index is 1930. The van der Waals surface area contributed by atoms with Crippen molar-refractivity contribution in [2.45, 2.75) is 63.9 Å². The lowest BCUT2D eigenvalue weighted by molar-refractivity contribution is -0.135. The number of aromatic nitrogens is 2. The van der Waals surface area contributed by atoms with E-state index in [2.05, 4.69) is 20.9 Å². The number of hydrogen-bond acceptors (Lipinski definition) is 10. The van der Waals surface area contributed by atoms with Gasteiger partial charge in [0.2, 0.25) is 23.6 Å². The molecule has 3 aliphatic rings. The molecular weight excluding hydrogens is 616 g/mol. The van der Waals surface area contributed by atoms with E-state index in [-0.39, 0.29) is 47.3 Å². The highest BCUT2D eigenvalue weighted by Gasteiger charge is 2.61. The summed E-state index contributed by atoms with van der Waals surface area (Å²) in [4.78, 5) is 50.8. The van der Waals surface area contributed by atoms with Gasteiger partial charge >= 0.3 is 0 Å². The van der Waals surface area contributed by atoms with E-state index in [0.29, 0.717) is 11.5 Å². The van der Waals surface area contributed by atoms with Crippen LogP contribution in [0.4, 0.5) is 5.69 Å². The number of aliphatic hydroxyl groups excluding tert-OH is 1. The van der Waals surface area contributed by atoms with Gasteiger partial charge < -0.3 is 39.5 Å². The molecule has 250 valence electrons. The first-order valence-corrected chi connectivity index (χ1v) is 16.0. The van der Waals surface area contributed by atoms with Crippen LogP contribution in [0.25, 0.3) is 11.6 Å². The van der Waals surface area contributed by atoms with Gasteiger partial charge in [-0.15, -0.1) is 0 Å². The Kier molecular flexibility index (Phi) is 7.54. The first kappa shape index (κ1) is 31.4. The van der Waals surface area contributed by atoms with E-state index in [9.17, 15) is 19.5 Å². The molecule has 0 saturated heterocycles. The molecule has 3 amide bonds. The molecule has 2 aromatic heterocycles. The average molecular weight is 655 g/mol. The van der Waals surface area contributed by atoms with Crippen LogP contribution >= 0.6 is 0 Å². The van der Waals surface area contributed by atoms with Crippen molar-refractivity contribution in [3.05, 3.63) is 82.8 Å². The average Bonchev–Trinajstić information content (AvgIpc) is 3.83. The summed E-state index contributed by atoms with van der Waals surface area (Å²) >= 11 is 0. The third kappa shape index (κ3) is 4.83. The zero-order valence-corrected chi connectivity index (χ0v) is 27.5. The third-order valence-electron chi connectivity index (χ3n) is 9.28. The number of carbonyl (C=O) groups excluding carboxylic acids is 3. The van der Waals surface area contributed by atoms with Crippen LogP contribution in [0.5, 0.6) is 5.75 Å². The van der Waals surface area contributed by atoms with Crippen molar-refractivity contribution < 1.29 is 33.1 Å². The highest BCUT2D eigenvalue weighted by molar-refractivity contribution is 5.92. The first-order valence-electron chi connectivity index (χ1n) is 16.0. The summed E-state index contributed by atoms with van der Waals surface area (Å²) in [7, 11) is 3.25. The monoisotopic (exact) mass is 654 g/mol. The zero-order chi connectivity index (χ0) is 34.1. The van der Waals surface area contributed by atoms with Crippen LogP contribution in [0.2, 0.25) is 0 Å². The molecule has 5 atom stereocenters. The fourth-order valence-electron chi connectivity index (χ4n) is 6.72. The van der Waals surface area contributed by atoms with Crippen molar-refractivity contribution in [3.8, 4) is 17.3 Å². The summed E-state index contributed by atoms with van der Waals surface area (Å²) in [5.41, 5.74) is 2.50. The van der Waals surface area contributed by atoms with Crippen LogP contribution in [0.3, 0.4) is 0 Å². The predicted molar refractivity (Wildman–Crippen MR) is 173 cm³/mol. The number of amides is 3. The van der Waals surface area contributed by atoms with Crippen LogP contribution in [-0.2, 0) is 21.4 Å². The minimum Gasteiger partial charge on any atom is -0.469 e. The second-order valence-electron chi connectivity index (χ2n) is 13.5. The molecule has 5 heterocycles. The van der Waals surface area contributed by atoms with Crippen molar-refractivity contribution in [1.29, 1.82) is 0 Å². The van der Waals surface area contributed by atoms with Gasteiger partial charge in [-0.1, -0.05) is 58.0 Å². The van der Waals surface area contributed by atoms with Crippen molar-refractivity contribution >= 4 is 23.4 Å². The SMILES string of the molecule is CC(C)[C@H](O)C(=O)N[C@H]1Cc2ccc3c(c2)C2(c4ccccc4N[C@H]2O3)c2oc(nc2-c2nc(C(=O)N(C)C)co2)[C@H](C(C)C)NC1=O. The number of hydrogen-bond donors (Lipinski definition) is 4. The van der Waals surface area contributed by atoms with Gasteiger partial charge in [0.15, 0.2) is 23.4 Å². The molecule has 0 radical (unpaired) electrons. The number of para-hydroxylation sites is 1. The van der Waals surface area contributed by atoms with Crippen molar-refractivity contribution in [1.82, 2.24) is 25.5 Å². The molecule has 4 aromatic rings. The van der Waals surface area contributed by atoms with Gasteiger partial charge in [0.25, 0.3) is 5.91 Å². The third-order valence-corrected chi connectivity index (χ3v) is 9.28. The summed E-state index contributed by atoms with van der Waals surface area (Å²) in [5.74, 6) is -0.754. The van der Waals surface area contributed by atoms with E-state index in [1.54, 1.807) is 27.9 Å². The number of carbonyl (C=O) groups is 3. The quantitative estimate of drug-likeness (QED) is 0.242. The summed E-state index contributed by atoms with van der Waals surface area (Å²) < 4.78 is 19.3. The normalized spacial score (nSPS) is 22.9. The molecule has 2 aromatic carbocycles. The molecule has 48 heavy (non-hydrogen) atoms. The lowest BCUT2D eigenvalue weighted by atomic mass is 9.72. The molecule has 0 aliphatic carbocycles. The highest BCUT2D eigenvalue weighted by atomic mass is 16.5. The van der Waals surface area contributed by atoms with E-state index in [4.69, 9.17) is 18.6 Å². The number of fused-ring (bicyclic) bond motifs is 4. The Morgan fingerprint density at radius 3 is 2.56 bits per heavy atom. The lowest BCUT2D eigenvalue weighted by Gasteiger charge is -2.29. The maximum absolute atomic E-state index is 14.0. The largest absolute Gasteiger partial charge is 0.469 e. The van der Waals surface area contributed by atoms with Gasteiger partial charge in [-0.3, -0.25) is 14.4 Å². The van der Waals surface area contributed by atoms with E-state index >= 15 is 0 Å². The molecule has 7 rings (SSSR count). The minimum atomic E-state index is -1.29. The van der Waals surface area contributed by atoms with Crippen LogP contribution in [0, 0.1) is 11.8 Å². The summed E-state index contributed by atoms with van der Waals surface area (Å²) in [6.45, 7) is 7.30. The smallest absolute Gasteiger partial charge is 0.275 e. The first-order chi connectivity index (χ1) is 22.9. The molecule has 0 saturated carbocycles. The molecule has 4 N–H and O–H groups in total. The van der Waals surface area contributed by atoms with Crippen molar-refractivity contribution in [2.24, 2.45) is 11.8 Å². The van der Waals surface area contributed by atoms with E-state index in [1.807, 2.05) is 56.3 Å². The van der Waals surface area contributed by atoms with Gasteiger partial charge in [0, 0.05) is 31.8 Å². The highest BCUT2D eigenvalue weighted by Crippen LogP contribution is 2.59. The number of rotatable bonds is 6. The van der Waals surface area contributed by atoms with E-state index in [1.165, 1.54) is 11.2 Å². The Hall–Kier alpha value is -5.17. The van der Waals surface area contributed by atoms with Crippen molar-refractivity contribution in [2.75, 3.05) is 19.4 Å². The Balaban J connectivity index is 1.47. The number of anilines is 1. The molecular formula is C35H38N6O7. The van der Waals surface area contributed by atoms with Gasteiger partial charge in [0.1, 0.15) is 35.6 Å². The number of aliphatic hydroxyl groups is 1. The van der Waals surface area contributed by atoms with E-state index < -0.39 is 41.6 Å². The van der Waals surface area contributed by atoms with Crippen LogP contribution < -0.4 is 20.7 Å². The fraction of sp³-hybridized carbons (Fsp3) is 0.400. The number of oxazole rings is 2. The number of ether oxygens (including phenoxy) is 1. The molecule has 4 bridgehead atoms. The van der Waals surface area contributed by atoms with Gasteiger partial charge in [-0.2, -0.15) is 0 Å². The number of nitrogens with one attached hydrogen (secondary N) is 3. The van der Waals surface area contributed by atoms with E-state index in [0.717, 1.165) is 22.4 Å².